The Kier molecular flexibility index (Phi) is 3.39. The van der Waals surface area contributed by atoms with Crippen molar-refractivity contribution < 1.29 is 9.53 Å². The van der Waals surface area contributed by atoms with Crippen LogP contribution in [0.5, 0.6) is 0 Å². The van der Waals surface area contributed by atoms with Crippen LogP contribution in [0.4, 0.5) is 5.69 Å². The summed E-state index contributed by atoms with van der Waals surface area (Å²) < 4.78 is 5.32. The summed E-state index contributed by atoms with van der Waals surface area (Å²) in [6.45, 7) is 2.08. The highest BCUT2D eigenvalue weighted by molar-refractivity contribution is 5.93. The maximum absolute atomic E-state index is 11.9. The van der Waals surface area contributed by atoms with Crippen LogP contribution in [0.15, 0.2) is 18.2 Å². The number of nitrogens with zero attached hydrogens (tertiary/aromatic N) is 2. The summed E-state index contributed by atoms with van der Waals surface area (Å²) in [6.07, 6.45) is 0.400. The quantitative estimate of drug-likeness (QED) is 0.738. The summed E-state index contributed by atoms with van der Waals surface area (Å²) in [5, 5.41) is 16.6. The van der Waals surface area contributed by atoms with Gasteiger partial charge >= 0.3 is 0 Å². The minimum absolute atomic E-state index is 0.0363. The fraction of sp³-hybridized carbons (Fsp3) is 0.417. The predicted molar refractivity (Wildman–Crippen MR) is 69.7 cm³/mol. The van der Waals surface area contributed by atoms with Crippen molar-refractivity contribution in [2.24, 2.45) is 0 Å². The highest BCUT2D eigenvalue weighted by Gasteiger charge is 2.16. The Labute approximate surface area is 109 Å². The Hall–Kier alpha value is -1.99. The number of H-pyrrole nitrogens is 1. The highest BCUT2D eigenvalue weighted by Crippen LogP contribution is 2.15. The van der Waals surface area contributed by atoms with E-state index in [1.165, 1.54) is 0 Å². The molecule has 1 amide bonds. The molecule has 1 aromatic heterocycles. The lowest BCUT2D eigenvalue weighted by molar-refractivity contribution is -0.117. The lowest BCUT2D eigenvalue weighted by atomic mass is 10.2. The van der Waals surface area contributed by atoms with Gasteiger partial charge in [-0.1, -0.05) is 0 Å². The zero-order chi connectivity index (χ0) is 13.1. The predicted octanol–water partition coefficient (Wildman–Crippen LogP) is 0.275. The van der Waals surface area contributed by atoms with Gasteiger partial charge in [-0.3, -0.25) is 4.79 Å². The first-order valence-corrected chi connectivity index (χ1v) is 6.23. The van der Waals surface area contributed by atoms with Gasteiger partial charge < -0.3 is 15.4 Å². The number of morpholine rings is 1. The van der Waals surface area contributed by atoms with E-state index in [4.69, 9.17) is 4.74 Å². The largest absolute Gasteiger partial charge is 0.378 e. The van der Waals surface area contributed by atoms with Gasteiger partial charge in [-0.2, -0.15) is 15.4 Å². The van der Waals surface area contributed by atoms with Crippen LogP contribution in [-0.4, -0.2) is 47.1 Å². The van der Waals surface area contributed by atoms with Crippen LogP contribution < -0.4 is 10.6 Å². The van der Waals surface area contributed by atoms with Crippen molar-refractivity contribution in [1.29, 1.82) is 0 Å². The zero-order valence-electron chi connectivity index (χ0n) is 10.3. The van der Waals surface area contributed by atoms with Gasteiger partial charge in [-0.05, 0) is 18.2 Å². The van der Waals surface area contributed by atoms with E-state index >= 15 is 0 Å². The van der Waals surface area contributed by atoms with E-state index in [0.29, 0.717) is 19.6 Å². The van der Waals surface area contributed by atoms with Crippen LogP contribution in [0, 0.1) is 0 Å². The number of carbonyl (C=O) groups excluding carboxylic acids is 1. The first-order chi connectivity index (χ1) is 9.31. The van der Waals surface area contributed by atoms with Crippen molar-refractivity contribution in [3.63, 3.8) is 0 Å². The smallest absolute Gasteiger partial charge is 0.226 e. The number of amides is 1. The van der Waals surface area contributed by atoms with Gasteiger partial charge in [-0.25, -0.2) is 0 Å². The molecule has 2 heterocycles. The number of aromatic amines is 1. The fourth-order valence-electron chi connectivity index (χ4n) is 2.10. The van der Waals surface area contributed by atoms with Gasteiger partial charge in [0.2, 0.25) is 5.91 Å². The molecule has 1 aliphatic heterocycles. The number of anilines is 1. The van der Waals surface area contributed by atoms with E-state index < -0.39 is 0 Å². The minimum Gasteiger partial charge on any atom is -0.378 e. The van der Waals surface area contributed by atoms with Crippen molar-refractivity contribution in [3.05, 3.63) is 18.2 Å². The van der Waals surface area contributed by atoms with E-state index in [1.54, 1.807) is 6.07 Å². The zero-order valence-corrected chi connectivity index (χ0v) is 10.3. The number of rotatable bonds is 3. The molecule has 1 saturated heterocycles. The Morgan fingerprint density at radius 3 is 3.16 bits per heavy atom. The molecule has 2 aromatic rings. The van der Waals surface area contributed by atoms with Gasteiger partial charge in [0.15, 0.2) is 0 Å². The number of nitrogens with one attached hydrogen (secondary N) is 3. The van der Waals surface area contributed by atoms with E-state index in [9.17, 15) is 4.79 Å². The van der Waals surface area contributed by atoms with Crippen molar-refractivity contribution in [3.8, 4) is 0 Å². The SMILES string of the molecule is O=C(CC1COCCN1)Nc1ccc2n[nH]nc2c1. The van der Waals surface area contributed by atoms with E-state index in [-0.39, 0.29) is 11.9 Å². The number of hydrogen-bond acceptors (Lipinski definition) is 5. The molecule has 19 heavy (non-hydrogen) atoms. The monoisotopic (exact) mass is 261 g/mol. The molecule has 7 nitrogen and oxygen atoms in total. The van der Waals surface area contributed by atoms with Crippen LogP contribution in [0.3, 0.4) is 0 Å². The van der Waals surface area contributed by atoms with Gasteiger partial charge in [0, 0.05) is 24.7 Å². The molecule has 3 rings (SSSR count). The van der Waals surface area contributed by atoms with Crippen molar-refractivity contribution >= 4 is 22.6 Å². The Bertz CT molecular complexity index is 576. The molecule has 3 N–H and O–H groups in total. The average Bonchev–Trinajstić information content (AvgIpc) is 2.87. The summed E-state index contributed by atoms with van der Waals surface area (Å²) in [6, 6.07) is 5.51. The molecule has 7 heteroatoms. The molecule has 1 aromatic carbocycles. The van der Waals surface area contributed by atoms with Crippen molar-refractivity contribution in [2.45, 2.75) is 12.5 Å². The summed E-state index contributed by atoms with van der Waals surface area (Å²) in [7, 11) is 0. The number of benzene rings is 1. The second-order valence-corrected chi connectivity index (χ2v) is 4.51. The molecule has 1 unspecified atom stereocenters. The molecule has 1 fully saturated rings. The molecule has 100 valence electrons. The van der Waals surface area contributed by atoms with E-state index in [0.717, 1.165) is 23.3 Å². The molecule has 0 aliphatic carbocycles. The third-order valence-electron chi connectivity index (χ3n) is 3.03. The molecular formula is C12H15N5O2. The molecular weight excluding hydrogens is 246 g/mol. The Morgan fingerprint density at radius 1 is 1.42 bits per heavy atom. The molecule has 1 atom stereocenters. The fourth-order valence-corrected chi connectivity index (χ4v) is 2.10. The topological polar surface area (TPSA) is 91.9 Å². The van der Waals surface area contributed by atoms with E-state index in [1.807, 2.05) is 12.1 Å². The van der Waals surface area contributed by atoms with Gasteiger partial charge in [0.25, 0.3) is 0 Å². The minimum atomic E-state index is -0.0363. The van der Waals surface area contributed by atoms with E-state index in [2.05, 4.69) is 26.0 Å². The Morgan fingerprint density at radius 2 is 2.32 bits per heavy atom. The number of hydrogen-bond donors (Lipinski definition) is 3. The molecule has 0 radical (unpaired) electrons. The first kappa shape index (κ1) is 12.1. The molecule has 0 bridgehead atoms. The number of fused-ring (bicyclic) bond motifs is 1. The third-order valence-corrected chi connectivity index (χ3v) is 3.03. The van der Waals surface area contributed by atoms with Crippen LogP contribution in [0.25, 0.3) is 11.0 Å². The second-order valence-electron chi connectivity index (χ2n) is 4.51. The lowest BCUT2D eigenvalue weighted by Gasteiger charge is -2.23. The highest BCUT2D eigenvalue weighted by atomic mass is 16.5. The summed E-state index contributed by atoms with van der Waals surface area (Å²) >= 11 is 0. The lowest BCUT2D eigenvalue weighted by Crippen LogP contribution is -2.43. The van der Waals surface area contributed by atoms with Gasteiger partial charge in [0.1, 0.15) is 11.0 Å². The number of carbonyl (C=O) groups is 1. The maximum Gasteiger partial charge on any atom is 0.226 e. The summed E-state index contributed by atoms with van der Waals surface area (Å²) in [5.41, 5.74) is 2.24. The van der Waals surface area contributed by atoms with Crippen LogP contribution in [0.1, 0.15) is 6.42 Å². The standard InChI is InChI=1S/C12H15N5O2/c18-12(6-9-7-19-4-3-13-9)14-8-1-2-10-11(5-8)16-17-15-10/h1-2,5,9,13H,3-4,6-7H2,(H,14,18)(H,15,16,17). The summed E-state index contributed by atoms with van der Waals surface area (Å²) in [5.74, 6) is -0.0363. The van der Waals surface area contributed by atoms with Gasteiger partial charge in [0.05, 0.1) is 13.2 Å². The first-order valence-electron chi connectivity index (χ1n) is 6.23. The number of ether oxygens (including phenoxy) is 1. The van der Waals surface area contributed by atoms with Crippen LogP contribution in [-0.2, 0) is 9.53 Å². The van der Waals surface area contributed by atoms with Gasteiger partial charge in [-0.15, -0.1) is 0 Å². The van der Waals surface area contributed by atoms with Crippen molar-refractivity contribution in [2.75, 3.05) is 25.1 Å². The number of aromatic nitrogens is 3. The summed E-state index contributed by atoms with van der Waals surface area (Å²) in [4.78, 5) is 11.9. The second kappa shape index (κ2) is 5.33. The third kappa shape index (κ3) is 2.88. The van der Waals surface area contributed by atoms with Crippen LogP contribution in [0.2, 0.25) is 0 Å². The molecule has 0 spiro atoms. The Balaban J connectivity index is 1.61. The molecule has 0 saturated carbocycles. The van der Waals surface area contributed by atoms with Crippen molar-refractivity contribution in [1.82, 2.24) is 20.7 Å². The maximum atomic E-state index is 11.9. The average molecular weight is 261 g/mol. The normalized spacial score (nSPS) is 19.5. The van der Waals surface area contributed by atoms with Crippen LogP contribution >= 0.6 is 0 Å². The molecule has 1 aliphatic rings.